The summed E-state index contributed by atoms with van der Waals surface area (Å²) in [5, 5.41) is 2.79. The second-order valence-electron chi connectivity index (χ2n) is 7.60. The fraction of sp³-hybridized carbons (Fsp3) is 0.435. The Balaban J connectivity index is 1.73. The standard InChI is InChI=1S/C23H30N2O6S/c1-29-18-13-17(14-19(15-18)30-2)7-10-23(26)24-21-16-20(8-9-22(21)31-3)32(27,28)25-11-5-4-6-12-25/h8-9,13-16H,4-7,10-12H2,1-3H3,(H,24,26). The molecule has 1 heterocycles. The van der Waals surface area contributed by atoms with E-state index in [-0.39, 0.29) is 17.2 Å². The van der Waals surface area contributed by atoms with Crippen molar-refractivity contribution in [2.45, 2.75) is 37.0 Å². The Bertz CT molecular complexity index is 1030. The lowest BCUT2D eigenvalue weighted by Crippen LogP contribution is -2.35. The van der Waals surface area contributed by atoms with E-state index in [1.165, 1.54) is 23.5 Å². The topological polar surface area (TPSA) is 94.2 Å². The summed E-state index contributed by atoms with van der Waals surface area (Å²) in [5.41, 5.74) is 1.23. The quantitative estimate of drug-likeness (QED) is 0.613. The van der Waals surface area contributed by atoms with Gasteiger partial charge in [0, 0.05) is 25.6 Å². The number of hydrogen-bond donors (Lipinski definition) is 1. The molecule has 3 rings (SSSR count). The van der Waals surface area contributed by atoms with Crippen LogP contribution in [0.2, 0.25) is 0 Å². The molecule has 2 aromatic rings. The summed E-state index contributed by atoms with van der Waals surface area (Å²) >= 11 is 0. The van der Waals surface area contributed by atoms with Gasteiger partial charge in [-0.1, -0.05) is 6.42 Å². The zero-order valence-corrected chi connectivity index (χ0v) is 19.5. The minimum atomic E-state index is -3.62. The van der Waals surface area contributed by atoms with Crippen LogP contribution < -0.4 is 19.5 Å². The van der Waals surface area contributed by atoms with Gasteiger partial charge in [-0.3, -0.25) is 4.79 Å². The van der Waals surface area contributed by atoms with Crippen molar-refractivity contribution >= 4 is 21.6 Å². The highest BCUT2D eigenvalue weighted by molar-refractivity contribution is 7.89. The normalized spacial score (nSPS) is 14.6. The van der Waals surface area contributed by atoms with Gasteiger partial charge in [0.25, 0.3) is 0 Å². The first-order chi connectivity index (χ1) is 15.4. The van der Waals surface area contributed by atoms with Crippen molar-refractivity contribution in [2.75, 3.05) is 39.7 Å². The SMILES string of the molecule is COc1cc(CCC(=O)Nc2cc(S(=O)(=O)N3CCCCC3)ccc2OC)cc(OC)c1. The van der Waals surface area contributed by atoms with Crippen molar-refractivity contribution in [3.8, 4) is 17.2 Å². The first-order valence-corrected chi connectivity index (χ1v) is 12.0. The Morgan fingerprint density at radius 3 is 2.19 bits per heavy atom. The second kappa shape index (κ2) is 10.7. The zero-order valence-electron chi connectivity index (χ0n) is 18.7. The molecule has 1 aliphatic heterocycles. The van der Waals surface area contributed by atoms with Gasteiger partial charge in [0.1, 0.15) is 17.2 Å². The predicted molar refractivity (Wildman–Crippen MR) is 122 cm³/mol. The minimum Gasteiger partial charge on any atom is -0.497 e. The van der Waals surface area contributed by atoms with Gasteiger partial charge in [-0.25, -0.2) is 8.42 Å². The molecule has 8 nitrogen and oxygen atoms in total. The number of anilines is 1. The molecule has 0 bridgehead atoms. The first kappa shape index (κ1) is 23.9. The summed E-state index contributed by atoms with van der Waals surface area (Å²) in [6.45, 7) is 1.03. The first-order valence-electron chi connectivity index (χ1n) is 10.6. The van der Waals surface area contributed by atoms with Crippen LogP contribution in [0.5, 0.6) is 17.2 Å². The molecule has 1 aliphatic rings. The van der Waals surface area contributed by atoms with Crippen LogP contribution in [0, 0.1) is 0 Å². The van der Waals surface area contributed by atoms with Crippen LogP contribution >= 0.6 is 0 Å². The number of carbonyl (C=O) groups is 1. The fourth-order valence-corrected chi connectivity index (χ4v) is 5.22. The van der Waals surface area contributed by atoms with Gasteiger partial charge in [-0.05, 0) is 55.2 Å². The summed E-state index contributed by atoms with van der Waals surface area (Å²) in [7, 11) is 1.00. The molecular weight excluding hydrogens is 432 g/mol. The van der Waals surface area contributed by atoms with Crippen molar-refractivity contribution in [2.24, 2.45) is 0 Å². The van der Waals surface area contributed by atoms with Crippen molar-refractivity contribution in [1.29, 1.82) is 0 Å². The highest BCUT2D eigenvalue weighted by Crippen LogP contribution is 2.30. The third kappa shape index (κ3) is 5.72. The molecule has 0 radical (unpaired) electrons. The maximum Gasteiger partial charge on any atom is 0.243 e. The molecule has 1 saturated heterocycles. The number of nitrogens with zero attached hydrogens (tertiary/aromatic N) is 1. The van der Waals surface area contributed by atoms with Gasteiger partial charge in [0.2, 0.25) is 15.9 Å². The van der Waals surface area contributed by atoms with Crippen LogP contribution in [0.25, 0.3) is 0 Å². The second-order valence-corrected chi connectivity index (χ2v) is 9.53. The fourth-order valence-electron chi connectivity index (χ4n) is 3.68. The van der Waals surface area contributed by atoms with Crippen LogP contribution in [0.4, 0.5) is 5.69 Å². The molecule has 1 N–H and O–H groups in total. The molecule has 0 aromatic heterocycles. The van der Waals surface area contributed by atoms with Crippen molar-refractivity contribution in [1.82, 2.24) is 4.31 Å². The lowest BCUT2D eigenvalue weighted by molar-refractivity contribution is -0.116. The largest absolute Gasteiger partial charge is 0.497 e. The lowest BCUT2D eigenvalue weighted by Gasteiger charge is -2.26. The summed E-state index contributed by atoms with van der Waals surface area (Å²) in [6, 6.07) is 10.0. The molecule has 32 heavy (non-hydrogen) atoms. The van der Waals surface area contributed by atoms with Gasteiger partial charge in [0.05, 0.1) is 31.9 Å². The monoisotopic (exact) mass is 462 g/mol. The Hall–Kier alpha value is -2.78. The number of ether oxygens (including phenoxy) is 3. The maximum absolute atomic E-state index is 13.0. The number of benzene rings is 2. The number of aryl methyl sites for hydroxylation is 1. The van der Waals surface area contributed by atoms with Crippen LogP contribution in [0.15, 0.2) is 41.3 Å². The van der Waals surface area contributed by atoms with E-state index < -0.39 is 10.0 Å². The molecule has 9 heteroatoms. The molecule has 2 aromatic carbocycles. The van der Waals surface area contributed by atoms with Gasteiger partial charge < -0.3 is 19.5 Å². The Morgan fingerprint density at radius 2 is 1.59 bits per heavy atom. The van der Waals surface area contributed by atoms with E-state index in [1.54, 1.807) is 26.4 Å². The van der Waals surface area contributed by atoms with Gasteiger partial charge in [0.15, 0.2) is 0 Å². The summed E-state index contributed by atoms with van der Waals surface area (Å²) < 4.78 is 43.4. The van der Waals surface area contributed by atoms with E-state index in [1.807, 2.05) is 12.1 Å². The summed E-state index contributed by atoms with van der Waals surface area (Å²) in [5.74, 6) is 1.45. The van der Waals surface area contributed by atoms with Crippen LogP contribution in [-0.2, 0) is 21.2 Å². The number of rotatable bonds is 9. The lowest BCUT2D eigenvalue weighted by atomic mass is 10.1. The highest BCUT2D eigenvalue weighted by Gasteiger charge is 2.27. The average Bonchev–Trinajstić information content (AvgIpc) is 2.82. The molecular formula is C23H30N2O6S. The van der Waals surface area contributed by atoms with Crippen molar-refractivity contribution in [3.05, 3.63) is 42.0 Å². The van der Waals surface area contributed by atoms with E-state index in [2.05, 4.69) is 5.32 Å². The number of hydrogen-bond acceptors (Lipinski definition) is 6. The molecule has 1 fully saturated rings. The molecule has 0 aliphatic carbocycles. The highest BCUT2D eigenvalue weighted by atomic mass is 32.2. The number of amides is 1. The molecule has 0 unspecified atom stereocenters. The minimum absolute atomic E-state index is 0.146. The zero-order chi connectivity index (χ0) is 23.1. The smallest absolute Gasteiger partial charge is 0.243 e. The predicted octanol–water partition coefficient (Wildman–Crippen LogP) is 3.46. The number of piperidine rings is 1. The van der Waals surface area contributed by atoms with Gasteiger partial charge in [-0.15, -0.1) is 0 Å². The van der Waals surface area contributed by atoms with Crippen LogP contribution in [-0.4, -0.2) is 53.0 Å². The molecule has 0 saturated carbocycles. The van der Waals surface area contributed by atoms with E-state index >= 15 is 0 Å². The maximum atomic E-state index is 13.0. The molecule has 174 valence electrons. The van der Waals surface area contributed by atoms with Gasteiger partial charge in [-0.2, -0.15) is 4.31 Å². The molecule has 0 atom stereocenters. The number of carbonyl (C=O) groups excluding carboxylic acids is 1. The average molecular weight is 463 g/mol. The number of sulfonamides is 1. The van der Waals surface area contributed by atoms with E-state index in [0.717, 1.165) is 24.8 Å². The van der Waals surface area contributed by atoms with E-state index in [0.29, 0.717) is 42.4 Å². The molecule has 1 amide bonds. The number of methoxy groups -OCH3 is 3. The Morgan fingerprint density at radius 1 is 0.938 bits per heavy atom. The van der Waals surface area contributed by atoms with Crippen molar-refractivity contribution in [3.63, 3.8) is 0 Å². The van der Waals surface area contributed by atoms with E-state index in [4.69, 9.17) is 14.2 Å². The van der Waals surface area contributed by atoms with E-state index in [9.17, 15) is 13.2 Å². The molecule has 0 spiro atoms. The van der Waals surface area contributed by atoms with Crippen LogP contribution in [0.3, 0.4) is 0 Å². The third-order valence-corrected chi connectivity index (χ3v) is 7.34. The summed E-state index contributed by atoms with van der Waals surface area (Å²) in [6.07, 6.45) is 3.41. The summed E-state index contributed by atoms with van der Waals surface area (Å²) in [4.78, 5) is 12.8. The Labute approximate surface area is 189 Å². The van der Waals surface area contributed by atoms with Crippen molar-refractivity contribution < 1.29 is 27.4 Å². The van der Waals surface area contributed by atoms with Crippen LogP contribution in [0.1, 0.15) is 31.2 Å². The number of nitrogens with one attached hydrogen (secondary N) is 1. The third-order valence-electron chi connectivity index (χ3n) is 5.45. The van der Waals surface area contributed by atoms with Gasteiger partial charge >= 0.3 is 0 Å². The Kier molecular flexibility index (Phi) is 7.98.